The van der Waals surface area contributed by atoms with Crippen molar-refractivity contribution < 1.29 is 13.2 Å². The molecule has 0 radical (unpaired) electrons. The van der Waals surface area contributed by atoms with Crippen LogP contribution in [0.2, 0.25) is 0 Å². The Morgan fingerprint density at radius 2 is 1.71 bits per heavy atom. The number of aryl methyl sites for hydroxylation is 2. The molecule has 0 unspecified atom stereocenters. The molecule has 0 amide bonds. The maximum absolute atomic E-state index is 13.5. The topological polar surface area (TPSA) is 69.4 Å². The van der Waals surface area contributed by atoms with Crippen molar-refractivity contribution in [2.45, 2.75) is 43.3 Å². The molecule has 3 rings (SSSR count). The van der Waals surface area contributed by atoms with Crippen LogP contribution in [0.15, 0.2) is 53.4 Å². The van der Waals surface area contributed by atoms with E-state index in [1.165, 1.54) is 5.56 Å². The molecule has 0 aliphatic heterocycles. The Balaban J connectivity index is 2.08. The van der Waals surface area contributed by atoms with E-state index >= 15 is 0 Å². The molecule has 1 aliphatic rings. The minimum Gasteiger partial charge on any atom is -0.393 e. The van der Waals surface area contributed by atoms with E-state index in [4.69, 9.17) is 22.7 Å². The predicted molar refractivity (Wildman–Crippen MR) is 116 cm³/mol. The first-order valence-corrected chi connectivity index (χ1v) is 11.5. The molecule has 0 bridgehead atoms. The summed E-state index contributed by atoms with van der Waals surface area (Å²) in [7, 11) is -3.63. The molecule has 0 saturated heterocycles. The Labute approximate surface area is 173 Å². The molecule has 1 saturated carbocycles. The number of thiocarbonyl (C=S) groups is 1. The van der Waals surface area contributed by atoms with Gasteiger partial charge in [-0.2, -0.15) is 0 Å². The fourth-order valence-corrected chi connectivity index (χ4v) is 6.75. The smallest absolute Gasteiger partial charge is 0.182 e. The Kier molecular flexibility index (Phi) is 5.94. The number of rotatable bonds is 8. The molecular formula is C22H27NO3S2. The summed E-state index contributed by atoms with van der Waals surface area (Å²) in [5, 5.41) is -0.723. The standard InChI is InChI=1S/C22H27NO3S2/c1-4-16-8-10-17(11-9-16)19-20(22(19,21(23)27)14-26-5-2)28(24,25)18-12-6-15(3)7-13-18/h6-13,19-20H,4-5,14H2,1-3H3,(H2,23,27)/t19-,20+,22-/m1/s1. The largest absolute Gasteiger partial charge is 0.393 e. The van der Waals surface area contributed by atoms with E-state index in [2.05, 4.69) is 6.92 Å². The Hall–Kier alpha value is -1.76. The van der Waals surface area contributed by atoms with Gasteiger partial charge in [0.2, 0.25) is 0 Å². The first kappa shape index (κ1) is 21.0. The summed E-state index contributed by atoms with van der Waals surface area (Å²) >= 11 is 5.38. The maximum atomic E-state index is 13.5. The maximum Gasteiger partial charge on any atom is 0.182 e. The summed E-state index contributed by atoms with van der Waals surface area (Å²) in [6.45, 7) is 6.58. The van der Waals surface area contributed by atoms with Gasteiger partial charge >= 0.3 is 0 Å². The third-order valence-corrected chi connectivity index (χ3v) is 8.36. The second kappa shape index (κ2) is 7.93. The zero-order valence-electron chi connectivity index (χ0n) is 16.5. The summed E-state index contributed by atoms with van der Waals surface area (Å²) in [5.74, 6) is -0.311. The second-order valence-corrected chi connectivity index (χ2v) is 9.90. The van der Waals surface area contributed by atoms with Gasteiger partial charge in [-0.15, -0.1) is 0 Å². The number of hydrogen-bond donors (Lipinski definition) is 1. The summed E-state index contributed by atoms with van der Waals surface area (Å²) in [6, 6.07) is 15.0. The van der Waals surface area contributed by atoms with Gasteiger partial charge in [-0.1, -0.05) is 61.1 Å². The summed E-state index contributed by atoms with van der Waals surface area (Å²) in [5.41, 5.74) is 8.40. The lowest BCUT2D eigenvalue weighted by Gasteiger charge is -2.17. The van der Waals surface area contributed by atoms with E-state index < -0.39 is 20.5 Å². The zero-order chi connectivity index (χ0) is 20.5. The lowest BCUT2D eigenvalue weighted by molar-refractivity contribution is 0.121. The van der Waals surface area contributed by atoms with Crippen LogP contribution < -0.4 is 5.73 Å². The molecule has 28 heavy (non-hydrogen) atoms. The van der Waals surface area contributed by atoms with Crippen LogP contribution in [0, 0.1) is 12.3 Å². The Bertz CT molecular complexity index is 952. The quantitative estimate of drug-likeness (QED) is 0.662. The Morgan fingerprint density at radius 1 is 1.11 bits per heavy atom. The highest BCUT2D eigenvalue weighted by atomic mass is 32.2. The molecule has 6 heteroatoms. The van der Waals surface area contributed by atoms with Gasteiger partial charge in [-0.3, -0.25) is 0 Å². The molecule has 4 nitrogen and oxygen atoms in total. The van der Waals surface area contributed by atoms with E-state index in [0.717, 1.165) is 17.5 Å². The molecular weight excluding hydrogens is 390 g/mol. The second-order valence-electron chi connectivity index (χ2n) is 7.39. The minimum absolute atomic E-state index is 0.200. The van der Waals surface area contributed by atoms with Gasteiger partial charge in [-0.05, 0) is 43.5 Å². The van der Waals surface area contributed by atoms with Crippen LogP contribution in [0.1, 0.15) is 36.5 Å². The van der Waals surface area contributed by atoms with Gasteiger partial charge in [0.05, 0.1) is 27.2 Å². The highest BCUT2D eigenvalue weighted by molar-refractivity contribution is 7.92. The molecule has 0 spiro atoms. The molecule has 2 N–H and O–H groups in total. The van der Waals surface area contributed by atoms with Crippen molar-refractivity contribution in [3.8, 4) is 0 Å². The number of benzene rings is 2. The molecule has 1 fully saturated rings. The molecule has 150 valence electrons. The van der Waals surface area contributed by atoms with Crippen molar-refractivity contribution >= 4 is 27.0 Å². The van der Waals surface area contributed by atoms with Crippen molar-refractivity contribution in [3.63, 3.8) is 0 Å². The van der Waals surface area contributed by atoms with Crippen LogP contribution in [-0.4, -0.2) is 31.9 Å². The predicted octanol–water partition coefficient (Wildman–Crippen LogP) is 3.81. The van der Waals surface area contributed by atoms with Crippen LogP contribution in [-0.2, 0) is 21.0 Å². The average molecular weight is 418 g/mol. The molecule has 0 heterocycles. The van der Waals surface area contributed by atoms with E-state index in [-0.39, 0.29) is 17.5 Å². The molecule has 0 aromatic heterocycles. The fourth-order valence-electron chi connectivity index (χ4n) is 3.98. The van der Waals surface area contributed by atoms with E-state index in [1.807, 2.05) is 50.2 Å². The van der Waals surface area contributed by atoms with Crippen molar-refractivity contribution in [1.29, 1.82) is 0 Å². The number of hydrogen-bond acceptors (Lipinski definition) is 4. The van der Waals surface area contributed by atoms with Crippen molar-refractivity contribution in [2.24, 2.45) is 11.1 Å². The monoisotopic (exact) mass is 417 g/mol. The zero-order valence-corrected chi connectivity index (χ0v) is 18.1. The average Bonchev–Trinajstić information content (AvgIpc) is 3.38. The SMILES string of the molecule is CCOC[C@@]1(C(N)=S)[C@H](c2ccc(CC)cc2)[C@@H]1S(=O)(=O)c1ccc(C)cc1. The highest BCUT2D eigenvalue weighted by Crippen LogP contribution is 2.64. The summed E-state index contributed by atoms with van der Waals surface area (Å²) < 4.78 is 32.7. The van der Waals surface area contributed by atoms with Crippen LogP contribution >= 0.6 is 12.2 Å². The minimum atomic E-state index is -3.63. The summed E-state index contributed by atoms with van der Waals surface area (Å²) in [4.78, 5) is 0.499. The number of ether oxygens (including phenoxy) is 1. The van der Waals surface area contributed by atoms with Crippen LogP contribution in [0.3, 0.4) is 0 Å². The third kappa shape index (κ3) is 3.49. The van der Waals surface area contributed by atoms with E-state index in [0.29, 0.717) is 11.5 Å². The Morgan fingerprint density at radius 3 is 2.21 bits per heavy atom. The van der Waals surface area contributed by atoms with Crippen molar-refractivity contribution in [1.82, 2.24) is 0 Å². The lowest BCUT2D eigenvalue weighted by atomic mass is 9.98. The van der Waals surface area contributed by atoms with E-state index in [1.54, 1.807) is 12.1 Å². The van der Waals surface area contributed by atoms with Gasteiger partial charge in [-0.25, -0.2) is 8.42 Å². The lowest BCUT2D eigenvalue weighted by Crippen LogP contribution is -2.33. The van der Waals surface area contributed by atoms with Crippen LogP contribution in [0.4, 0.5) is 0 Å². The van der Waals surface area contributed by atoms with Gasteiger partial charge in [0.15, 0.2) is 9.84 Å². The van der Waals surface area contributed by atoms with Gasteiger partial charge in [0, 0.05) is 12.5 Å². The van der Waals surface area contributed by atoms with Crippen LogP contribution in [0.5, 0.6) is 0 Å². The molecule has 2 aromatic rings. The van der Waals surface area contributed by atoms with Gasteiger partial charge in [0.1, 0.15) is 0 Å². The third-order valence-electron chi connectivity index (χ3n) is 5.69. The number of sulfone groups is 1. The van der Waals surface area contributed by atoms with E-state index in [9.17, 15) is 8.42 Å². The normalized spacial score (nSPS) is 24.1. The number of nitrogens with two attached hydrogens (primary N) is 1. The first-order chi connectivity index (χ1) is 13.3. The van der Waals surface area contributed by atoms with Gasteiger partial charge < -0.3 is 10.5 Å². The van der Waals surface area contributed by atoms with Gasteiger partial charge in [0.25, 0.3) is 0 Å². The molecule has 1 aliphatic carbocycles. The van der Waals surface area contributed by atoms with Crippen LogP contribution in [0.25, 0.3) is 0 Å². The van der Waals surface area contributed by atoms with Crippen molar-refractivity contribution in [2.75, 3.05) is 13.2 Å². The highest BCUT2D eigenvalue weighted by Gasteiger charge is 2.73. The summed E-state index contributed by atoms with van der Waals surface area (Å²) in [6.07, 6.45) is 0.926. The van der Waals surface area contributed by atoms with Crippen molar-refractivity contribution in [3.05, 3.63) is 65.2 Å². The fraction of sp³-hybridized carbons (Fsp3) is 0.409. The molecule has 2 aromatic carbocycles. The molecule has 3 atom stereocenters. The first-order valence-electron chi connectivity index (χ1n) is 9.56.